The second-order valence-electron chi connectivity index (χ2n) is 23.6. The van der Waals surface area contributed by atoms with Crippen molar-refractivity contribution < 1.29 is 9.59 Å². The molecule has 2 aliphatic rings. The van der Waals surface area contributed by atoms with Crippen LogP contribution < -0.4 is 0 Å². The minimum absolute atomic E-state index is 0.0691. The van der Waals surface area contributed by atoms with Crippen molar-refractivity contribution in [3.05, 3.63) is 392 Å². The van der Waals surface area contributed by atoms with Crippen molar-refractivity contribution in [1.29, 1.82) is 0 Å². The van der Waals surface area contributed by atoms with Gasteiger partial charge in [0.25, 0.3) is 0 Å². The van der Waals surface area contributed by atoms with Crippen LogP contribution in [0, 0.1) is 47.4 Å². The largest absolute Gasteiger partial charge is 0.289 e. The van der Waals surface area contributed by atoms with Crippen LogP contribution in [0.25, 0.3) is 44.6 Å². The summed E-state index contributed by atoms with van der Waals surface area (Å²) in [6.07, 6.45) is 4.55. The topological polar surface area (TPSA) is 34.1 Å². The van der Waals surface area contributed by atoms with Gasteiger partial charge in [0.05, 0.1) is 0 Å². The van der Waals surface area contributed by atoms with Crippen LogP contribution in [-0.2, 0) is 61.0 Å². The summed E-state index contributed by atoms with van der Waals surface area (Å²) >= 11 is 0. The van der Waals surface area contributed by atoms with Gasteiger partial charge in [0.2, 0.25) is 0 Å². The number of allylic oxidation sites excluding steroid dienone is 8. The summed E-state index contributed by atoms with van der Waals surface area (Å²) in [5.74, 6) is 27.8. The lowest BCUT2D eigenvalue weighted by Gasteiger charge is -2.19. The Morgan fingerprint density at radius 3 is 0.585 bits per heavy atom. The van der Waals surface area contributed by atoms with E-state index in [1.54, 1.807) is 0 Å². The van der Waals surface area contributed by atoms with Crippen LogP contribution in [0.5, 0.6) is 0 Å². The molecule has 0 bridgehead atoms. The van der Waals surface area contributed by atoms with E-state index in [1.807, 2.05) is 194 Å². The maximum atomic E-state index is 16.1. The van der Waals surface area contributed by atoms with Gasteiger partial charge in [-0.2, -0.15) is 0 Å². The molecule has 0 unspecified atom stereocenters. The first-order chi connectivity index (χ1) is 46.5. The Labute approximate surface area is 553 Å². The highest BCUT2D eigenvalue weighted by atomic mass is 16.1. The van der Waals surface area contributed by atoms with Gasteiger partial charge in [-0.3, -0.25) is 9.59 Å². The van der Waals surface area contributed by atoms with Gasteiger partial charge in [-0.25, -0.2) is 0 Å². The molecule has 0 saturated carbocycles. The Hall–Kier alpha value is -12.0. The third-order valence-corrected chi connectivity index (χ3v) is 17.0. The number of carbonyl (C=O) groups excluding carboxylic acids is 2. The molecule has 446 valence electrons. The molecular formula is C92H66O2. The molecule has 0 radical (unpaired) electrons. The van der Waals surface area contributed by atoms with Crippen molar-refractivity contribution in [3.63, 3.8) is 0 Å². The SMILES string of the molecule is O=C1C(c2ccccc2)=C(c2cc(CC#CCc3ccccc3)cc(CC#CCc3ccccc3)c2)C(c2cccc(C3=C(c4ccccc4)C(=O)C(c4ccccc4)=C3c3cc(CC#CCc4ccccc4)cc(CC#CCc4ccccc4)c3)c2)=C1c1ccccc1. The summed E-state index contributed by atoms with van der Waals surface area (Å²) < 4.78 is 0. The quantitative estimate of drug-likeness (QED) is 0.0904. The lowest BCUT2D eigenvalue weighted by atomic mass is 9.84. The van der Waals surface area contributed by atoms with E-state index in [0.717, 1.165) is 111 Å². The van der Waals surface area contributed by atoms with Crippen molar-refractivity contribution in [2.24, 2.45) is 0 Å². The standard InChI is InChI=1S/C92H66O2/c93-91-87(75-50-17-5-18-51-75)83(85(89(91)77-54-21-7-22-55-77)81-62-71(46-29-25-42-67-34-9-1-10-35-67)60-72(63-81)47-30-26-43-68-36-11-2-12-37-68)79-58-33-59-80(66-79)84-86(90(78-56-23-8-24-57-78)92(94)88(84)76-52-19-6-20-53-76)82-64-73(48-31-27-44-69-38-13-3-14-39-69)61-74(65-82)49-32-28-45-70-40-15-4-16-41-70/h1-24,33-41,50-66H,42-49H2. The molecule has 2 aliphatic carbocycles. The molecule has 2 nitrogen and oxygen atoms in total. The fourth-order valence-electron chi connectivity index (χ4n) is 12.6. The van der Waals surface area contributed by atoms with Crippen molar-refractivity contribution >= 4 is 56.2 Å². The molecule has 13 rings (SSSR count). The second kappa shape index (κ2) is 29.7. The number of ketones is 2. The zero-order valence-electron chi connectivity index (χ0n) is 52.3. The molecule has 2 heteroatoms. The molecule has 0 atom stereocenters. The monoisotopic (exact) mass is 1200 g/mol. The molecule has 0 amide bonds. The van der Waals surface area contributed by atoms with Crippen LogP contribution in [0.3, 0.4) is 0 Å². The Morgan fingerprint density at radius 2 is 0.351 bits per heavy atom. The summed E-state index contributed by atoms with van der Waals surface area (Å²) in [6, 6.07) is 104. The van der Waals surface area contributed by atoms with Gasteiger partial charge in [0, 0.05) is 96.0 Å². The lowest BCUT2D eigenvalue weighted by Crippen LogP contribution is -2.02. The van der Waals surface area contributed by atoms with E-state index in [9.17, 15) is 0 Å². The molecule has 0 heterocycles. The normalized spacial score (nSPS) is 12.6. The minimum atomic E-state index is -0.0691. The summed E-state index contributed by atoms with van der Waals surface area (Å²) in [4.78, 5) is 32.3. The fraction of sp³-hybridized carbons (Fsp3) is 0.0870. The number of carbonyl (C=O) groups is 2. The Bertz CT molecular complexity index is 4510. The highest BCUT2D eigenvalue weighted by Gasteiger charge is 2.38. The maximum absolute atomic E-state index is 16.1. The molecule has 94 heavy (non-hydrogen) atoms. The highest BCUT2D eigenvalue weighted by molar-refractivity contribution is 6.60. The Kier molecular flexibility index (Phi) is 19.2. The zero-order valence-corrected chi connectivity index (χ0v) is 52.3. The first-order valence-electron chi connectivity index (χ1n) is 32.1. The van der Waals surface area contributed by atoms with Gasteiger partial charge in [-0.05, 0) is 95.1 Å². The molecule has 0 aliphatic heterocycles. The van der Waals surface area contributed by atoms with Gasteiger partial charge in [0.15, 0.2) is 11.6 Å². The lowest BCUT2D eigenvalue weighted by molar-refractivity contribution is -0.109. The molecule has 11 aromatic carbocycles. The molecule has 11 aromatic rings. The van der Waals surface area contributed by atoms with E-state index in [1.165, 1.54) is 0 Å². The van der Waals surface area contributed by atoms with E-state index in [0.29, 0.717) is 73.7 Å². The van der Waals surface area contributed by atoms with Gasteiger partial charge in [0.1, 0.15) is 0 Å². The number of hydrogen-bond donors (Lipinski definition) is 0. The van der Waals surface area contributed by atoms with E-state index < -0.39 is 0 Å². The summed E-state index contributed by atoms with van der Waals surface area (Å²) in [6.45, 7) is 0. The van der Waals surface area contributed by atoms with Crippen LogP contribution in [0.15, 0.2) is 303 Å². The van der Waals surface area contributed by atoms with Gasteiger partial charge in [-0.15, -0.1) is 0 Å². The molecule has 0 fully saturated rings. The van der Waals surface area contributed by atoms with E-state index in [2.05, 4.69) is 157 Å². The first kappa shape index (κ1) is 60.8. The van der Waals surface area contributed by atoms with Crippen LogP contribution in [0.1, 0.15) is 89.0 Å². The van der Waals surface area contributed by atoms with E-state index >= 15 is 9.59 Å². The van der Waals surface area contributed by atoms with Crippen LogP contribution in [0.4, 0.5) is 0 Å². The number of benzene rings is 11. The van der Waals surface area contributed by atoms with E-state index in [-0.39, 0.29) is 11.6 Å². The maximum Gasteiger partial charge on any atom is 0.195 e. The van der Waals surface area contributed by atoms with Crippen LogP contribution >= 0.6 is 0 Å². The zero-order chi connectivity index (χ0) is 63.7. The van der Waals surface area contributed by atoms with Crippen molar-refractivity contribution in [3.8, 4) is 47.4 Å². The van der Waals surface area contributed by atoms with Gasteiger partial charge < -0.3 is 0 Å². The van der Waals surface area contributed by atoms with Crippen molar-refractivity contribution in [1.82, 2.24) is 0 Å². The average molecular weight is 1200 g/mol. The summed E-state index contributed by atoms with van der Waals surface area (Å²) in [5, 5.41) is 0. The molecule has 0 spiro atoms. The fourth-order valence-corrected chi connectivity index (χ4v) is 12.6. The number of Topliss-reactive ketones (excluding diaryl/α,β-unsaturated/α-hetero) is 2. The van der Waals surface area contributed by atoms with Crippen LogP contribution in [-0.4, -0.2) is 11.6 Å². The Balaban J connectivity index is 1.01. The molecule has 0 saturated heterocycles. The predicted molar refractivity (Wildman–Crippen MR) is 389 cm³/mol. The smallest absolute Gasteiger partial charge is 0.195 e. The van der Waals surface area contributed by atoms with Crippen molar-refractivity contribution in [2.45, 2.75) is 51.4 Å². The third kappa shape index (κ3) is 14.4. The highest BCUT2D eigenvalue weighted by Crippen LogP contribution is 2.53. The summed E-state index contributed by atoms with van der Waals surface area (Å²) in [5.41, 5.74) is 21.2. The molecular weight excluding hydrogens is 1140 g/mol. The third-order valence-electron chi connectivity index (χ3n) is 17.0. The molecule has 0 N–H and O–H groups in total. The van der Waals surface area contributed by atoms with Gasteiger partial charge >= 0.3 is 0 Å². The number of rotatable bonds is 16. The minimum Gasteiger partial charge on any atom is -0.289 e. The average Bonchev–Trinajstić information content (AvgIpc) is 1.58. The van der Waals surface area contributed by atoms with Crippen LogP contribution in [0.2, 0.25) is 0 Å². The first-order valence-corrected chi connectivity index (χ1v) is 32.1. The van der Waals surface area contributed by atoms with Gasteiger partial charge in [-0.1, -0.05) is 345 Å². The summed E-state index contributed by atoms with van der Waals surface area (Å²) in [7, 11) is 0. The van der Waals surface area contributed by atoms with Crippen molar-refractivity contribution in [2.75, 3.05) is 0 Å². The van der Waals surface area contributed by atoms with E-state index in [4.69, 9.17) is 0 Å². The molecule has 0 aromatic heterocycles. The number of hydrogen-bond acceptors (Lipinski definition) is 2. The Morgan fingerprint density at radius 1 is 0.160 bits per heavy atom. The predicted octanol–water partition coefficient (Wildman–Crippen LogP) is 19.0. The second-order valence-corrected chi connectivity index (χ2v) is 23.6.